The lowest BCUT2D eigenvalue weighted by Crippen LogP contribution is -1.92. The van der Waals surface area contributed by atoms with E-state index in [-0.39, 0.29) is 0 Å². The Bertz CT molecular complexity index is 328. The molecule has 0 spiro atoms. The highest BCUT2D eigenvalue weighted by Gasteiger charge is 2.03. The summed E-state index contributed by atoms with van der Waals surface area (Å²) in [6, 6.07) is 7.49. The summed E-state index contributed by atoms with van der Waals surface area (Å²) in [6.45, 7) is 0. The van der Waals surface area contributed by atoms with E-state index in [1.165, 1.54) is 0 Å². The van der Waals surface area contributed by atoms with Crippen molar-refractivity contribution in [3.63, 3.8) is 0 Å². The molecule has 0 saturated heterocycles. The molecule has 1 aromatic carbocycles. The van der Waals surface area contributed by atoms with Crippen LogP contribution in [-0.4, -0.2) is 14.2 Å². The molecule has 3 nitrogen and oxygen atoms in total. The molecule has 13 heavy (non-hydrogen) atoms. The molecule has 68 valence electrons. The number of nitriles is 1. The molecule has 0 aliphatic heterocycles. The van der Waals surface area contributed by atoms with Gasteiger partial charge in [-0.3, -0.25) is 0 Å². The highest BCUT2D eigenvalue weighted by atomic mass is 16.5. The van der Waals surface area contributed by atoms with E-state index in [4.69, 9.17) is 14.7 Å². The molecule has 0 aromatic heterocycles. The topological polar surface area (TPSA) is 42.2 Å². The van der Waals surface area contributed by atoms with Crippen LogP contribution in [-0.2, 0) is 6.42 Å². The third-order valence-corrected chi connectivity index (χ3v) is 1.76. The van der Waals surface area contributed by atoms with Gasteiger partial charge in [-0.1, -0.05) is 6.07 Å². The Balaban J connectivity index is 3.02. The number of rotatable bonds is 3. The lowest BCUT2D eigenvalue weighted by Gasteiger charge is -2.07. The second kappa shape index (κ2) is 4.36. The molecule has 0 bridgehead atoms. The normalized spacial score (nSPS) is 9.00. The lowest BCUT2D eigenvalue weighted by molar-refractivity contribution is 0.392. The summed E-state index contributed by atoms with van der Waals surface area (Å²) in [7, 11) is 3.17. The van der Waals surface area contributed by atoms with E-state index in [1.807, 2.05) is 12.1 Å². The van der Waals surface area contributed by atoms with Gasteiger partial charge >= 0.3 is 0 Å². The summed E-state index contributed by atoms with van der Waals surface area (Å²) < 4.78 is 10.1. The summed E-state index contributed by atoms with van der Waals surface area (Å²) in [5.41, 5.74) is 0.880. The van der Waals surface area contributed by atoms with Gasteiger partial charge in [0.1, 0.15) is 11.5 Å². The Morgan fingerprint density at radius 3 is 2.62 bits per heavy atom. The van der Waals surface area contributed by atoms with E-state index < -0.39 is 0 Å². The van der Waals surface area contributed by atoms with Crippen LogP contribution >= 0.6 is 0 Å². The van der Waals surface area contributed by atoms with Crippen molar-refractivity contribution in [2.45, 2.75) is 6.42 Å². The van der Waals surface area contributed by atoms with Gasteiger partial charge in [0, 0.05) is 11.6 Å². The minimum atomic E-state index is 0.354. The maximum Gasteiger partial charge on any atom is 0.126 e. The second-order valence-electron chi connectivity index (χ2n) is 2.51. The van der Waals surface area contributed by atoms with Crippen LogP contribution in [0.2, 0.25) is 0 Å². The van der Waals surface area contributed by atoms with Crippen molar-refractivity contribution in [1.29, 1.82) is 5.26 Å². The maximum atomic E-state index is 8.53. The predicted octanol–water partition coefficient (Wildman–Crippen LogP) is 1.77. The molecular weight excluding hydrogens is 166 g/mol. The Kier molecular flexibility index (Phi) is 3.15. The van der Waals surface area contributed by atoms with E-state index in [1.54, 1.807) is 20.3 Å². The molecule has 0 fully saturated rings. The summed E-state index contributed by atoms with van der Waals surface area (Å²) >= 11 is 0. The van der Waals surface area contributed by atoms with Crippen LogP contribution in [0, 0.1) is 11.3 Å². The van der Waals surface area contributed by atoms with Crippen LogP contribution < -0.4 is 9.47 Å². The van der Waals surface area contributed by atoms with Crippen molar-refractivity contribution in [3.8, 4) is 17.6 Å². The van der Waals surface area contributed by atoms with Crippen LogP contribution in [0.5, 0.6) is 11.5 Å². The van der Waals surface area contributed by atoms with Crippen LogP contribution in [0.1, 0.15) is 5.56 Å². The molecule has 0 radical (unpaired) electrons. The molecule has 0 aliphatic rings. The number of methoxy groups -OCH3 is 2. The molecule has 0 atom stereocenters. The Morgan fingerprint density at radius 1 is 1.31 bits per heavy atom. The molecule has 0 amide bonds. The fourth-order valence-electron chi connectivity index (χ4n) is 1.08. The first-order valence-electron chi connectivity index (χ1n) is 3.89. The number of hydrogen-bond acceptors (Lipinski definition) is 3. The van der Waals surface area contributed by atoms with Gasteiger partial charge in [-0.25, -0.2) is 0 Å². The quantitative estimate of drug-likeness (QED) is 0.706. The van der Waals surface area contributed by atoms with Crippen molar-refractivity contribution in [3.05, 3.63) is 23.8 Å². The smallest absolute Gasteiger partial charge is 0.126 e. The summed E-state index contributed by atoms with van der Waals surface area (Å²) in [5, 5.41) is 8.53. The van der Waals surface area contributed by atoms with E-state index in [2.05, 4.69) is 6.07 Å². The van der Waals surface area contributed by atoms with Crippen molar-refractivity contribution in [1.82, 2.24) is 0 Å². The zero-order valence-corrected chi connectivity index (χ0v) is 7.70. The van der Waals surface area contributed by atoms with Gasteiger partial charge in [-0.15, -0.1) is 0 Å². The van der Waals surface area contributed by atoms with Gasteiger partial charge in [0.25, 0.3) is 0 Å². The minimum Gasteiger partial charge on any atom is -0.497 e. The highest BCUT2D eigenvalue weighted by Crippen LogP contribution is 2.24. The minimum absolute atomic E-state index is 0.354. The SMILES string of the molecule is COc1ccc(CC#N)c(OC)c1. The fraction of sp³-hybridized carbons (Fsp3) is 0.300. The van der Waals surface area contributed by atoms with Gasteiger partial charge in [-0.05, 0) is 6.07 Å². The third-order valence-electron chi connectivity index (χ3n) is 1.76. The largest absolute Gasteiger partial charge is 0.497 e. The average molecular weight is 177 g/mol. The van der Waals surface area contributed by atoms with Crippen molar-refractivity contribution >= 4 is 0 Å². The molecular formula is C10H11NO2. The monoisotopic (exact) mass is 177 g/mol. The predicted molar refractivity (Wildman–Crippen MR) is 48.9 cm³/mol. The van der Waals surface area contributed by atoms with E-state index in [0.29, 0.717) is 12.2 Å². The zero-order valence-electron chi connectivity index (χ0n) is 7.70. The first kappa shape index (κ1) is 9.40. The zero-order chi connectivity index (χ0) is 9.68. The molecule has 1 aromatic rings. The summed E-state index contributed by atoms with van der Waals surface area (Å²) in [5.74, 6) is 1.43. The first-order valence-corrected chi connectivity index (χ1v) is 3.89. The third kappa shape index (κ3) is 2.12. The van der Waals surface area contributed by atoms with Crippen LogP contribution in [0.3, 0.4) is 0 Å². The van der Waals surface area contributed by atoms with Gasteiger partial charge in [0.05, 0.1) is 26.7 Å². The summed E-state index contributed by atoms with van der Waals surface area (Å²) in [4.78, 5) is 0. The molecule has 0 aliphatic carbocycles. The molecule has 0 heterocycles. The van der Waals surface area contributed by atoms with E-state index in [9.17, 15) is 0 Å². The summed E-state index contributed by atoms with van der Waals surface area (Å²) in [6.07, 6.45) is 0.354. The van der Waals surface area contributed by atoms with Gasteiger partial charge in [0.2, 0.25) is 0 Å². The lowest BCUT2D eigenvalue weighted by atomic mass is 10.1. The molecule has 0 N–H and O–H groups in total. The Morgan fingerprint density at radius 2 is 2.08 bits per heavy atom. The van der Waals surface area contributed by atoms with E-state index >= 15 is 0 Å². The Hall–Kier alpha value is -1.69. The van der Waals surface area contributed by atoms with Crippen molar-refractivity contribution in [2.24, 2.45) is 0 Å². The van der Waals surface area contributed by atoms with Crippen molar-refractivity contribution in [2.75, 3.05) is 14.2 Å². The molecule has 0 saturated carbocycles. The first-order chi connectivity index (χ1) is 6.31. The van der Waals surface area contributed by atoms with E-state index in [0.717, 1.165) is 11.3 Å². The van der Waals surface area contributed by atoms with Crippen molar-refractivity contribution < 1.29 is 9.47 Å². The average Bonchev–Trinajstić information content (AvgIpc) is 2.19. The molecule has 0 unspecified atom stereocenters. The molecule has 1 rings (SSSR count). The van der Waals surface area contributed by atoms with Crippen LogP contribution in [0.15, 0.2) is 18.2 Å². The fourth-order valence-corrected chi connectivity index (χ4v) is 1.08. The standard InChI is InChI=1S/C10H11NO2/c1-12-9-4-3-8(5-6-11)10(7-9)13-2/h3-4,7H,5H2,1-2H3. The van der Waals surface area contributed by atoms with Gasteiger partial charge in [-0.2, -0.15) is 5.26 Å². The molecule has 3 heteroatoms. The van der Waals surface area contributed by atoms with Crippen LogP contribution in [0.25, 0.3) is 0 Å². The van der Waals surface area contributed by atoms with Crippen LogP contribution in [0.4, 0.5) is 0 Å². The number of nitrogens with zero attached hydrogens (tertiary/aromatic N) is 1. The second-order valence-corrected chi connectivity index (χ2v) is 2.51. The maximum absolute atomic E-state index is 8.53. The van der Waals surface area contributed by atoms with Gasteiger partial charge < -0.3 is 9.47 Å². The van der Waals surface area contributed by atoms with Gasteiger partial charge in [0.15, 0.2) is 0 Å². The highest BCUT2D eigenvalue weighted by molar-refractivity contribution is 5.41. The Labute approximate surface area is 77.5 Å². The number of ether oxygens (including phenoxy) is 2. The number of hydrogen-bond donors (Lipinski definition) is 0. The number of benzene rings is 1.